The van der Waals surface area contributed by atoms with E-state index >= 15 is 0 Å². The van der Waals surface area contributed by atoms with Crippen LogP contribution in [-0.2, 0) is 15.9 Å². The first-order valence-electron chi connectivity index (χ1n) is 7.60. The summed E-state index contributed by atoms with van der Waals surface area (Å²) in [4.78, 5) is -0.244. The molecule has 0 aromatic heterocycles. The molecule has 3 aromatic carbocycles. The Hall–Kier alpha value is -2.83. The van der Waals surface area contributed by atoms with Gasteiger partial charge in [0.25, 0.3) is 10.1 Å². The molecule has 0 saturated heterocycles. The second kappa shape index (κ2) is 5.61. The highest BCUT2D eigenvalue weighted by Crippen LogP contribution is 2.48. The number of rotatable bonds is 3. The summed E-state index contributed by atoms with van der Waals surface area (Å²) in [6.07, 6.45) is 0. The van der Waals surface area contributed by atoms with Gasteiger partial charge in [0.15, 0.2) is 11.5 Å². The van der Waals surface area contributed by atoms with E-state index in [1.807, 2.05) is 60.7 Å². The van der Waals surface area contributed by atoms with Gasteiger partial charge in [-0.2, -0.15) is 8.42 Å². The van der Waals surface area contributed by atoms with Gasteiger partial charge < -0.3 is 9.47 Å². The van der Waals surface area contributed by atoms with Crippen LogP contribution in [0.4, 0.5) is 0 Å². The highest BCUT2D eigenvalue weighted by atomic mass is 32.2. The Kier molecular flexibility index (Phi) is 3.52. The SMILES string of the molecule is O=S(=O)(O)c1ccc2c(c1)OC(c1ccccc1)(c1ccccc1)O2. The molecule has 25 heavy (non-hydrogen) atoms. The lowest BCUT2D eigenvalue weighted by molar-refractivity contribution is -0.0459. The van der Waals surface area contributed by atoms with Crippen LogP contribution in [0, 0.1) is 0 Å². The second-order valence-electron chi connectivity index (χ2n) is 5.64. The van der Waals surface area contributed by atoms with Gasteiger partial charge in [0, 0.05) is 17.2 Å². The number of hydrogen-bond donors (Lipinski definition) is 1. The van der Waals surface area contributed by atoms with Crippen molar-refractivity contribution in [3.8, 4) is 11.5 Å². The Morgan fingerprint density at radius 1 is 0.720 bits per heavy atom. The summed E-state index contributed by atoms with van der Waals surface area (Å²) in [5, 5.41) is 0. The molecule has 0 fully saturated rings. The highest BCUT2D eigenvalue weighted by molar-refractivity contribution is 7.85. The molecule has 0 aliphatic carbocycles. The van der Waals surface area contributed by atoms with E-state index in [1.54, 1.807) is 0 Å². The first-order chi connectivity index (χ1) is 12.0. The minimum atomic E-state index is -4.33. The molecule has 6 heteroatoms. The van der Waals surface area contributed by atoms with Crippen LogP contribution in [-0.4, -0.2) is 13.0 Å². The Labute approximate surface area is 145 Å². The van der Waals surface area contributed by atoms with Crippen LogP contribution in [0.1, 0.15) is 11.1 Å². The van der Waals surface area contributed by atoms with Crippen molar-refractivity contribution in [2.24, 2.45) is 0 Å². The van der Waals surface area contributed by atoms with E-state index in [-0.39, 0.29) is 10.6 Å². The van der Waals surface area contributed by atoms with E-state index in [9.17, 15) is 13.0 Å². The molecular formula is C19H14O5S. The summed E-state index contributed by atoms with van der Waals surface area (Å²) >= 11 is 0. The summed E-state index contributed by atoms with van der Waals surface area (Å²) in [7, 11) is -4.33. The van der Waals surface area contributed by atoms with E-state index < -0.39 is 15.9 Å². The topological polar surface area (TPSA) is 72.8 Å². The van der Waals surface area contributed by atoms with Gasteiger partial charge in [0.1, 0.15) is 0 Å². The lowest BCUT2D eigenvalue weighted by Gasteiger charge is -2.28. The molecule has 1 N–H and O–H groups in total. The van der Waals surface area contributed by atoms with Crippen molar-refractivity contribution in [3.63, 3.8) is 0 Å². The van der Waals surface area contributed by atoms with Crippen LogP contribution in [0.25, 0.3) is 0 Å². The first-order valence-corrected chi connectivity index (χ1v) is 9.04. The maximum Gasteiger partial charge on any atom is 0.305 e. The average molecular weight is 354 g/mol. The molecule has 5 nitrogen and oxygen atoms in total. The molecule has 0 unspecified atom stereocenters. The van der Waals surface area contributed by atoms with Crippen molar-refractivity contribution in [1.29, 1.82) is 0 Å². The van der Waals surface area contributed by atoms with E-state index in [1.165, 1.54) is 18.2 Å². The molecule has 3 aromatic rings. The summed E-state index contributed by atoms with van der Waals surface area (Å²) in [6.45, 7) is 0. The molecule has 0 saturated carbocycles. The summed E-state index contributed by atoms with van der Waals surface area (Å²) < 4.78 is 44.3. The molecular weight excluding hydrogens is 340 g/mol. The molecule has 0 amide bonds. The second-order valence-corrected chi connectivity index (χ2v) is 7.06. The predicted molar refractivity (Wildman–Crippen MR) is 91.2 cm³/mol. The summed E-state index contributed by atoms with van der Waals surface area (Å²) in [5.41, 5.74) is 1.54. The average Bonchev–Trinajstić information content (AvgIpc) is 3.02. The van der Waals surface area contributed by atoms with Crippen LogP contribution in [0.3, 0.4) is 0 Å². The van der Waals surface area contributed by atoms with Crippen LogP contribution in [0.2, 0.25) is 0 Å². The molecule has 0 atom stereocenters. The maximum atomic E-state index is 11.4. The molecule has 1 aliphatic heterocycles. The van der Waals surface area contributed by atoms with E-state index in [4.69, 9.17) is 9.47 Å². The number of benzene rings is 3. The zero-order chi connectivity index (χ0) is 17.5. The fourth-order valence-electron chi connectivity index (χ4n) is 2.86. The summed E-state index contributed by atoms with van der Waals surface area (Å²) in [6, 6.07) is 22.8. The minimum Gasteiger partial charge on any atom is -0.440 e. The van der Waals surface area contributed by atoms with Crippen molar-refractivity contribution in [3.05, 3.63) is 90.0 Å². The molecule has 1 heterocycles. The maximum absolute atomic E-state index is 11.4. The smallest absolute Gasteiger partial charge is 0.305 e. The largest absolute Gasteiger partial charge is 0.440 e. The van der Waals surface area contributed by atoms with Crippen molar-refractivity contribution < 1.29 is 22.4 Å². The van der Waals surface area contributed by atoms with Gasteiger partial charge >= 0.3 is 5.79 Å². The molecule has 0 spiro atoms. The fraction of sp³-hybridized carbons (Fsp3) is 0.0526. The first kappa shape index (κ1) is 15.7. The Morgan fingerprint density at radius 3 is 1.76 bits per heavy atom. The number of fused-ring (bicyclic) bond motifs is 1. The Morgan fingerprint density at radius 2 is 1.24 bits per heavy atom. The van der Waals surface area contributed by atoms with Gasteiger partial charge in [0.2, 0.25) is 0 Å². The third-order valence-electron chi connectivity index (χ3n) is 4.03. The number of ether oxygens (including phenoxy) is 2. The summed E-state index contributed by atoms with van der Waals surface area (Å²) in [5.74, 6) is -0.564. The van der Waals surface area contributed by atoms with Gasteiger partial charge in [-0.1, -0.05) is 60.7 Å². The Bertz CT molecular complexity index is 975. The molecule has 4 rings (SSSR count). The van der Waals surface area contributed by atoms with E-state index in [0.29, 0.717) is 5.75 Å². The van der Waals surface area contributed by atoms with Crippen LogP contribution in [0.5, 0.6) is 11.5 Å². The van der Waals surface area contributed by atoms with E-state index in [2.05, 4.69) is 0 Å². The lowest BCUT2D eigenvalue weighted by Crippen LogP contribution is -2.36. The third kappa shape index (κ3) is 2.65. The predicted octanol–water partition coefficient (Wildman–Crippen LogP) is 3.61. The Balaban J connectivity index is 1.88. The standard InChI is InChI=1S/C19H14O5S/c20-25(21,22)16-11-12-17-18(13-16)24-19(23-17,14-7-3-1-4-8-14)15-9-5-2-6-10-15/h1-13H,(H,20,21,22). The highest BCUT2D eigenvalue weighted by Gasteiger charge is 2.45. The zero-order valence-electron chi connectivity index (χ0n) is 13.0. The van der Waals surface area contributed by atoms with Gasteiger partial charge in [-0.3, -0.25) is 4.55 Å². The van der Waals surface area contributed by atoms with Gasteiger partial charge in [-0.05, 0) is 12.1 Å². The van der Waals surface area contributed by atoms with Crippen molar-refractivity contribution in [1.82, 2.24) is 0 Å². The normalized spacial score (nSPS) is 15.1. The lowest BCUT2D eigenvalue weighted by atomic mass is 9.97. The van der Waals surface area contributed by atoms with Crippen molar-refractivity contribution >= 4 is 10.1 Å². The van der Waals surface area contributed by atoms with Gasteiger partial charge in [-0.25, -0.2) is 0 Å². The van der Waals surface area contributed by atoms with Crippen LogP contribution in [0.15, 0.2) is 83.8 Å². The minimum absolute atomic E-state index is 0.244. The van der Waals surface area contributed by atoms with Crippen molar-refractivity contribution in [2.45, 2.75) is 10.7 Å². The van der Waals surface area contributed by atoms with Crippen LogP contribution >= 0.6 is 0 Å². The molecule has 126 valence electrons. The molecule has 0 radical (unpaired) electrons. The van der Waals surface area contributed by atoms with E-state index in [0.717, 1.165) is 11.1 Å². The molecule has 0 bridgehead atoms. The molecule has 1 aliphatic rings. The van der Waals surface area contributed by atoms with Gasteiger partial charge in [0.05, 0.1) is 4.90 Å². The monoisotopic (exact) mass is 354 g/mol. The third-order valence-corrected chi connectivity index (χ3v) is 4.88. The zero-order valence-corrected chi connectivity index (χ0v) is 13.8. The van der Waals surface area contributed by atoms with Crippen LogP contribution < -0.4 is 9.47 Å². The quantitative estimate of drug-likeness (QED) is 0.728. The van der Waals surface area contributed by atoms with Gasteiger partial charge in [-0.15, -0.1) is 0 Å². The fourth-order valence-corrected chi connectivity index (χ4v) is 3.36. The number of hydrogen-bond acceptors (Lipinski definition) is 4. The van der Waals surface area contributed by atoms with Crippen molar-refractivity contribution in [2.75, 3.05) is 0 Å².